The van der Waals surface area contributed by atoms with E-state index < -0.39 is 23.8 Å². The molecule has 1 aromatic heterocycles. The highest BCUT2D eigenvalue weighted by Gasteiger charge is 2.38. The number of imidazole rings is 1. The standard InChI is InChI=1S/C30H31FN6O3/c1-18-5-4-7-22-25(21-6-2-3-8-23(21)31)34-28(35-29(39)27-32-13-14-33-27)30(40)37(26(18)22)17-24(38)36-15-19-9-10-20(16-36)12-11-19/h2-8,13-14,19-20,28H,9-12,15-17H2,1H3,(H,32,33)(H,35,39). The number of aromatic amines is 1. The van der Waals surface area contributed by atoms with Gasteiger partial charge in [0.15, 0.2) is 5.82 Å². The summed E-state index contributed by atoms with van der Waals surface area (Å²) in [6.07, 6.45) is 6.01. The summed E-state index contributed by atoms with van der Waals surface area (Å²) in [6, 6.07) is 11.6. The highest BCUT2D eigenvalue weighted by molar-refractivity contribution is 6.21. The zero-order valence-electron chi connectivity index (χ0n) is 22.3. The number of amides is 3. The molecule has 206 valence electrons. The fraction of sp³-hybridized carbons (Fsp3) is 0.367. The predicted molar refractivity (Wildman–Crippen MR) is 147 cm³/mol. The van der Waals surface area contributed by atoms with Crippen LogP contribution in [0.2, 0.25) is 0 Å². The van der Waals surface area contributed by atoms with Crippen LogP contribution in [0.15, 0.2) is 59.9 Å². The molecule has 9 nitrogen and oxygen atoms in total. The molecular weight excluding hydrogens is 511 g/mol. The molecular formula is C30H31FN6O3. The van der Waals surface area contributed by atoms with Gasteiger partial charge in [0.1, 0.15) is 12.4 Å². The lowest BCUT2D eigenvalue weighted by Crippen LogP contribution is -2.51. The summed E-state index contributed by atoms with van der Waals surface area (Å²) in [5.41, 5.74) is 2.14. The van der Waals surface area contributed by atoms with Gasteiger partial charge in [-0.1, -0.05) is 30.3 Å². The van der Waals surface area contributed by atoms with Gasteiger partial charge in [-0.15, -0.1) is 0 Å². The summed E-state index contributed by atoms with van der Waals surface area (Å²) < 4.78 is 15.1. The van der Waals surface area contributed by atoms with Crippen LogP contribution in [0.3, 0.4) is 0 Å². The number of aliphatic imine (C=N–C) groups is 1. The van der Waals surface area contributed by atoms with Crippen LogP contribution in [-0.4, -0.2) is 64.1 Å². The summed E-state index contributed by atoms with van der Waals surface area (Å²) in [4.78, 5) is 55.5. The van der Waals surface area contributed by atoms with Gasteiger partial charge >= 0.3 is 0 Å². The van der Waals surface area contributed by atoms with Gasteiger partial charge in [0, 0.05) is 36.6 Å². The Morgan fingerprint density at radius 1 is 1.02 bits per heavy atom. The van der Waals surface area contributed by atoms with Crippen molar-refractivity contribution in [2.45, 2.75) is 38.8 Å². The van der Waals surface area contributed by atoms with E-state index in [2.05, 4.69) is 20.3 Å². The Kier molecular flexibility index (Phi) is 6.91. The maximum atomic E-state index is 15.1. The van der Waals surface area contributed by atoms with Crippen LogP contribution in [0.25, 0.3) is 0 Å². The average Bonchev–Trinajstić information content (AvgIpc) is 3.28. The van der Waals surface area contributed by atoms with Crippen LogP contribution in [0.1, 0.15) is 53.0 Å². The minimum atomic E-state index is -1.41. The molecule has 1 unspecified atom stereocenters. The summed E-state index contributed by atoms with van der Waals surface area (Å²) in [7, 11) is 0. The number of nitrogens with one attached hydrogen (secondary N) is 2. The number of benzodiazepines with no additional fused rings is 1. The van der Waals surface area contributed by atoms with Gasteiger partial charge in [-0.3, -0.25) is 19.3 Å². The molecule has 3 fully saturated rings. The van der Waals surface area contributed by atoms with Crippen molar-refractivity contribution in [2.75, 3.05) is 24.5 Å². The van der Waals surface area contributed by atoms with Crippen molar-refractivity contribution in [1.29, 1.82) is 0 Å². The lowest BCUT2D eigenvalue weighted by molar-refractivity contribution is -0.132. The molecule has 1 aliphatic carbocycles. The number of fused-ring (bicyclic) bond motifs is 5. The maximum absolute atomic E-state index is 15.1. The molecule has 4 aliphatic rings. The number of hydrogen-bond donors (Lipinski definition) is 2. The van der Waals surface area contributed by atoms with Crippen molar-refractivity contribution in [3.8, 4) is 0 Å². The Morgan fingerprint density at radius 3 is 2.40 bits per heavy atom. The molecule has 3 aliphatic heterocycles. The molecule has 0 spiro atoms. The van der Waals surface area contributed by atoms with E-state index in [0.717, 1.165) is 31.2 Å². The molecule has 1 atom stereocenters. The summed E-state index contributed by atoms with van der Waals surface area (Å²) in [5.74, 6) is -0.906. The largest absolute Gasteiger partial charge is 0.341 e. The lowest BCUT2D eigenvalue weighted by atomic mass is 9.84. The number of nitrogens with zero attached hydrogens (tertiary/aromatic N) is 4. The highest BCUT2D eigenvalue weighted by Crippen LogP contribution is 2.35. The molecule has 40 heavy (non-hydrogen) atoms. The first-order chi connectivity index (χ1) is 19.4. The number of rotatable bonds is 5. The minimum Gasteiger partial charge on any atom is -0.341 e. The van der Waals surface area contributed by atoms with Crippen LogP contribution in [0, 0.1) is 24.6 Å². The smallest absolute Gasteiger partial charge is 0.289 e. The van der Waals surface area contributed by atoms with Gasteiger partial charge in [-0.05, 0) is 62.1 Å². The monoisotopic (exact) mass is 542 g/mol. The molecule has 0 radical (unpaired) electrons. The third kappa shape index (κ3) is 4.89. The van der Waals surface area contributed by atoms with Crippen molar-refractivity contribution < 1.29 is 18.8 Å². The van der Waals surface area contributed by atoms with Crippen molar-refractivity contribution in [3.63, 3.8) is 0 Å². The molecule has 7 rings (SSSR count). The Morgan fingerprint density at radius 2 is 1.73 bits per heavy atom. The van der Waals surface area contributed by atoms with Gasteiger partial charge in [-0.25, -0.2) is 14.4 Å². The molecule has 1 saturated carbocycles. The van der Waals surface area contributed by atoms with E-state index in [1.165, 1.54) is 23.4 Å². The number of aromatic nitrogens is 2. The van der Waals surface area contributed by atoms with Crippen molar-refractivity contribution in [3.05, 3.63) is 83.2 Å². The quantitative estimate of drug-likeness (QED) is 0.515. The number of para-hydroxylation sites is 1. The topological polar surface area (TPSA) is 111 Å². The third-order valence-electron chi connectivity index (χ3n) is 8.20. The van der Waals surface area contributed by atoms with Crippen molar-refractivity contribution in [2.24, 2.45) is 16.8 Å². The number of benzene rings is 2. The third-order valence-corrected chi connectivity index (χ3v) is 8.20. The second-order valence-electron chi connectivity index (χ2n) is 10.9. The maximum Gasteiger partial charge on any atom is 0.289 e. The van der Waals surface area contributed by atoms with E-state index in [4.69, 9.17) is 0 Å². The van der Waals surface area contributed by atoms with Crippen molar-refractivity contribution >= 4 is 29.1 Å². The highest BCUT2D eigenvalue weighted by atomic mass is 19.1. The Labute approximate surface area is 231 Å². The van der Waals surface area contributed by atoms with Gasteiger partial charge in [0.05, 0.1) is 11.4 Å². The Bertz CT molecular complexity index is 1460. The molecule has 2 N–H and O–H groups in total. The second-order valence-corrected chi connectivity index (χ2v) is 10.9. The molecule has 2 saturated heterocycles. The van der Waals surface area contributed by atoms with E-state index in [9.17, 15) is 14.4 Å². The number of anilines is 1. The number of carbonyl (C=O) groups excluding carboxylic acids is 3. The molecule has 2 bridgehead atoms. The summed E-state index contributed by atoms with van der Waals surface area (Å²) in [6.45, 7) is 3.01. The fourth-order valence-electron chi connectivity index (χ4n) is 6.15. The zero-order valence-corrected chi connectivity index (χ0v) is 22.3. The van der Waals surface area contributed by atoms with E-state index in [-0.39, 0.29) is 29.6 Å². The number of H-pyrrole nitrogens is 1. The van der Waals surface area contributed by atoms with Gasteiger partial charge in [0.2, 0.25) is 12.1 Å². The molecule has 3 aromatic rings. The molecule has 3 amide bonds. The van der Waals surface area contributed by atoms with Crippen LogP contribution < -0.4 is 10.2 Å². The summed E-state index contributed by atoms with van der Waals surface area (Å²) in [5, 5.41) is 2.64. The van der Waals surface area contributed by atoms with Crippen LogP contribution >= 0.6 is 0 Å². The number of carbonyl (C=O) groups is 3. The SMILES string of the molecule is Cc1cccc2c1N(CC(=O)N1CC3CCC(CC3)C1)C(=O)C(NC(=O)c1ncc[nH]1)N=C2c1ccccc1F. The minimum absolute atomic E-state index is 0.0102. The van der Waals surface area contributed by atoms with E-state index in [1.807, 2.05) is 24.0 Å². The van der Waals surface area contributed by atoms with Gasteiger partial charge in [-0.2, -0.15) is 0 Å². The first-order valence-electron chi connectivity index (χ1n) is 13.7. The van der Waals surface area contributed by atoms with Crippen molar-refractivity contribution in [1.82, 2.24) is 20.2 Å². The van der Waals surface area contributed by atoms with Crippen LogP contribution in [0.5, 0.6) is 0 Å². The normalized spacial score (nSPS) is 22.3. The lowest BCUT2D eigenvalue weighted by Gasteiger charge is -2.30. The number of hydrogen-bond acceptors (Lipinski definition) is 5. The average molecular weight is 543 g/mol. The van der Waals surface area contributed by atoms with Crippen LogP contribution in [-0.2, 0) is 9.59 Å². The van der Waals surface area contributed by atoms with E-state index in [1.54, 1.807) is 24.3 Å². The molecule has 4 heterocycles. The summed E-state index contributed by atoms with van der Waals surface area (Å²) >= 11 is 0. The zero-order chi connectivity index (χ0) is 27.8. The van der Waals surface area contributed by atoms with Gasteiger partial charge < -0.3 is 15.2 Å². The Hall–Kier alpha value is -4.34. The van der Waals surface area contributed by atoms with Gasteiger partial charge in [0.25, 0.3) is 11.8 Å². The molecule has 2 aromatic carbocycles. The first-order valence-corrected chi connectivity index (χ1v) is 13.7. The number of halogens is 1. The molecule has 10 heteroatoms. The number of aryl methyl sites for hydroxylation is 1. The fourth-order valence-corrected chi connectivity index (χ4v) is 6.15. The Balaban J connectivity index is 1.42. The van der Waals surface area contributed by atoms with E-state index in [0.29, 0.717) is 36.2 Å². The first kappa shape index (κ1) is 25.9. The second kappa shape index (κ2) is 10.7. The van der Waals surface area contributed by atoms with E-state index >= 15 is 4.39 Å². The van der Waals surface area contributed by atoms with Crippen LogP contribution in [0.4, 0.5) is 10.1 Å². The predicted octanol–water partition coefficient (Wildman–Crippen LogP) is 3.45.